The molecule has 20 heavy (non-hydrogen) atoms. The molecular formula is C16H15N3S. The van der Waals surface area contributed by atoms with E-state index < -0.39 is 0 Å². The molecule has 2 heterocycles. The van der Waals surface area contributed by atoms with Gasteiger partial charge in [0.25, 0.3) is 0 Å². The molecule has 0 spiro atoms. The molecule has 0 unspecified atom stereocenters. The van der Waals surface area contributed by atoms with Crippen LogP contribution in [-0.4, -0.2) is 14.5 Å². The van der Waals surface area contributed by atoms with Crippen molar-refractivity contribution in [2.75, 3.05) is 0 Å². The summed E-state index contributed by atoms with van der Waals surface area (Å²) < 4.78 is 2.24. The molecule has 0 aliphatic carbocycles. The van der Waals surface area contributed by atoms with Crippen LogP contribution in [0.3, 0.4) is 0 Å². The minimum Gasteiger partial charge on any atom is -0.389 e. The molecule has 1 aromatic carbocycles. The Labute approximate surface area is 123 Å². The number of benzene rings is 1. The number of hydrogen-bond donors (Lipinski definition) is 1. The molecule has 0 radical (unpaired) electrons. The lowest BCUT2D eigenvalue weighted by Gasteiger charge is -2.06. The second kappa shape index (κ2) is 5.43. The van der Waals surface area contributed by atoms with Gasteiger partial charge in [-0.05, 0) is 42.3 Å². The van der Waals surface area contributed by atoms with Gasteiger partial charge in [-0.2, -0.15) is 0 Å². The molecule has 0 aliphatic heterocycles. The van der Waals surface area contributed by atoms with Crippen LogP contribution in [0.5, 0.6) is 0 Å². The van der Waals surface area contributed by atoms with Gasteiger partial charge in [-0.15, -0.1) is 0 Å². The fourth-order valence-electron chi connectivity index (χ4n) is 2.34. The lowest BCUT2D eigenvalue weighted by Crippen LogP contribution is -2.08. The maximum absolute atomic E-state index is 5.66. The summed E-state index contributed by atoms with van der Waals surface area (Å²) in [4.78, 5) is 4.58. The second-order valence-electron chi connectivity index (χ2n) is 4.76. The van der Waals surface area contributed by atoms with Crippen LogP contribution in [0, 0.1) is 0 Å². The minimum atomic E-state index is 0.440. The minimum absolute atomic E-state index is 0.440. The number of rotatable bonds is 4. The topological polar surface area (TPSA) is 43.8 Å². The molecule has 0 saturated carbocycles. The zero-order valence-electron chi connectivity index (χ0n) is 11.0. The fourth-order valence-corrected chi connectivity index (χ4v) is 2.47. The van der Waals surface area contributed by atoms with Gasteiger partial charge in [0.1, 0.15) is 4.99 Å². The van der Waals surface area contributed by atoms with Crippen molar-refractivity contribution in [1.82, 2.24) is 9.55 Å². The molecule has 100 valence electrons. The number of aryl methyl sites for hydroxylation is 2. The van der Waals surface area contributed by atoms with E-state index in [9.17, 15) is 0 Å². The maximum atomic E-state index is 5.66. The van der Waals surface area contributed by atoms with Crippen molar-refractivity contribution in [3.63, 3.8) is 0 Å². The number of pyridine rings is 1. The number of fused-ring (bicyclic) bond motifs is 1. The molecule has 0 saturated heterocycles. The van der Waals surface area contributed by atoms with Crippen LogP contribution < -0.4 is 5.73 Å². The van der Waals surface area contributed by atoms with Gasteiger partial charge in [-0.3, -0.25) is 4.98 Å². The third-order valence-electron chi connectivity index (χ3n) is 3.42. The van der Waals surface area contributed by atoms with E-state index >= 15 is 0 Å². The molecule has 2 aromatic heterocycles. The SMILES string of the molecule is NC(=S)c1ccc2c(ccn2CCc2cccnc2)c1. The third kappa shape index (κ3) is 2.56. The summed E-state index contributed by atoms with van der Waals surface area (Å²) in [6, 6.07) is 12.3. The van der Waals surface area contributed by atoms with Crippen molar-refractivity contribution >= 4 is 28.1 Å². The summed E-state index contributed by atoms with van der Waals surface area (Å²) in [5, 5.41) is 1.17. The van der Waals surface area contributed by atoms with Gasteiger partial charge in [-0.25, -0.2) is 0 Å². The Morgan fingerprint density at radius 1 is 1.25 bits per heavy atom. The molecule has 3 rings (SSSR count). The van der Waals surface area contributed by atoms with Crippen LogP contribution in [0.1, 0.15) is 11.1 Å². The Morgan fingerprint density at radius 3 is 2.90 bits per heavy atom. The van der Waals surface area contributed by atoms with E-state index in [0.717, 1.165) is 18.5 Å². The Bertz CT molecular complexity index is 747. The maximum Gasteiger partial charge on any atom is 0.104 e. The van der Waals surface area contributed by atoms with Crippen molar-refractivity contribution < 1.29 is 0 Å². The van der Waals surface area contributed by atoms with Gasteiger partial charge in [-0.1, -0.05) is 18.3 Å². The Balaban J connectivity index is 1.84. The summed E-state index contributed by atoms with van der Waals surface area (Å²) >= 11 is 5.01. The molecule has 3 nitrogen and oxygen atoms in total. The zero-order chi connectivity index (χ0) is 13.9. The summed E-state index contributed by atoms with van der Waals surface area (Å²) in [5.74, 6) is 0. The van der Waals surface area contributed by atoms with E-state index in [1.165, 1.54) is 16.5 Å². The highest BCUT2D eigenvalue weighted by Crippen LogP contribution is 2.18. The first-order chi connectivity index (χ1) is 9.74. The van der Waals surface area contributed by atoms with Crippen molar-refractivity contribution in [3.8, 4) is 0 Å². The molecule has 2 N–H and O–H groups in total. The highest BCUT2D eigenvalue weighted by atomic mass is 32.1. The molecule has 0 aliphatic rings. The largest absolute Gasteiger partial charge is 0.389 e. The van der Waals surface area contributed by atoms with E-state index in [4.69, 9.17) is 18.0 Å². The summed E-state index contributed by atoms with van der Waals surface area (Å²) in [7, 11) is 0. The van der Waals surface area contributed by atoms with Crippen LogP contribution >= 0.6 is 12.2 Å². The van der Waals surface area contributed by atoms with Crippen LogP contribution in [0.4, 0.5) is 0 Å². The van der Waals surface area contributed by atoms with E-state index in [0.29, 0.717) is 4.99 Å². The fraction of sp³-hybridized carbons (Fsp3) is 0.125. The molecular weight excluding hydrogens is 266 g/mol. The highest BCUT2D eigenvalue weighted by molar-refractivity contribution is 7.80. The van der Waals surface area contributed by atoms with E-state index in [-0.39, 0.29) is 0 Å². The van der Waals surface area contributed by atoms with Crippen molar-refractivity contribution in [3.05, 3.63) is 66.1 Å². The van der Waals surface area contributed by atoms with Gasteiger partial charge >= 0.3 is 0 Å². The number of nitrogens with two attached hydrogens (primary N) is 1. The zero-order valence-corrected chi connectivity index (χ0v) is 11.8. The predicted octanol–water partition coefficient (Wildman–Crippen LogP) is 2.91. The average molecular weight is 281 g/mol. The number of aromatic nitrogens is 2. The number of nitrogens with zero attached hydrogens (tertiary/aromatic N) is 2. The lowest BCUT2D eigenvalue weighted by atomic mass is 10.1. The lowest BCUT2D eigenvalue weighted by molar-refractivity contribution is 0.721. The second-order valence-corrected chi connectivity index (χ2v) is 5.20. The van der Waals surface area contributed by atoms with E-state index in [1.54, 1.807) is 6.20 Å². The van der Waals surface area contributed by atoms with Gasteiger partial charge < -0.3 is 10.3 Å². The molecule has 0 amide bonds. The quantitative estimate of drug-likeness (QED) is 0.748. The van der Waals surface area contributed by atoms with Gasteiger partial charge in [0.2, 0.25) is 0 Å². The number of thiocarbonyl (C=S) groups is 1. The van der Waals surface area contributed by atoms with Crippen LogP contribution in [0.2, 0.25) is 0 Å². The molecule has 0 atom stereocenters. The Kier molecular flexibility index (Phi) is 3.48. The van der Waals surface area contributed by atoms with Gasteiger partial charge in [0.15, 0.2) is 0 Å². The highest BCUT2D eigenvalue weighted by Gasteiger charge is 2.04. The van der Waals surface area contributed by atoms with Crippen LogP contribution in [0.25, 0.3) is 10.9 Å². The predicted molar refractivity (Wildman–Crippen MR) is 85.8 cm³/mol. The van der Waals surface area contributed by atoms with Crippen LogP contribution in [-0.2, 0) is 13.0 Å². The first-order valence-electron chi connectivity index (χ1n) is 6.51. The first kappa shape index (κ1) is 12.8. The number of hydrogen-bond acceptors (Lipinski definition) is 2. The Hall–Kier alpha value is -2.20. The summed E-state index contributed by atoms with van der Waals surface area (Å²) in [6.07, 6.45) is 6.78. The van der Waals surface area contributed by atoms with E-state index in [1.807, 2.05) is 24.4 Å². The van der Waals surface area contributed by atoms with Crippen molar-refractivity contribution in [2.45, 2.75) is 13.0 Å². The summed E-state index contributed by atoms with van der Waals surface area (Å²) in [6.45, 7) is 0.932. The van der Waals surface area contributed by atoms with Crippen LogP contribution in [0.15, 0.2) is 55.0 Å². The standard InChI is InChI=1S/C16H15N3S/c17-16(20)14-3-4-15-13(10-14)6-9-19(15)8-5-12-2-1-7-18-11-12/h1-4,6-7,9-11H,5,8H2,(H2,17,20). The van der Waals surface area contributed by atoms with Crippen molar-refractivity contribution in [2.24, 2.45) is 5.73 Å². The van der Waals surface area contributed by atoms with E-state index in [2.05, 4.69) is 33.9 Å². The smallest absolute Gasteiger partial charge is 0.104 e. The summed E-state index contributed by atoms with van der Waals surface area (Å²) in [5.41, 5.74) is 9.03. The van der Waals surface area contributed by atoms with Gasteiger partial charge in [0.05, 0.1) is 0 Å². The van der Waals surface area contributed by atoms with Gasteiger partial charge in [0, 0.05) is 41.6 Å². The van der Waals surface area contributed by atoms with Crippen molar-refractivity contribution in [1.29, 1.82) is 0 Å². The molecule has 4 heteroatoms. The normalized spacial score (nSPS) is 10.8. The monoisotopic (exact) mass is 281 g/mol. The first-order valence-corrected chi connectivity index (χ1v) is 6.92. The molecule has 3 aromatic rings. The third-order valence-corrected chi connectivity index (χ3v) is 3.66. The molecule has 0 fully saturated rings. The molecule has 0 bridgehead atoms. The Morgan fingerprint density at radius 2 is 2.15 bits per heavy atom. The average Bonchev–Trinajstić information content (AvgIpc) is 2.88.